The van der Waals surface area contributed by atoms with Crippen molar-refractivity contribution < 1.29 is 14.6 Å². The molecule has 6 heteroatoms. The predicted octanol–water partition coefficient (Wildman–Crippen LogP) is 1.39. The van der Waals surface area contributed by atoms with Gasteiger partial charge in [-0.15, -0.1) is 0 Å². The number of hydrogen-bond acceptors (Lipinski definition) is 5. The highest BCUT2D eigenvalue weighted by Crippen LogP contribution is 2.42. The van der Waals surface area contributed by atoms with Crippen LogP contribution in [0.3, 0.4) is 0 Å². The number of phenolic OH excluding ortho intramolecular Hbond substituents is 1. The van der Waals surface area contributed by atoms with E-state index in [9.17, 15) is 5.11 Å². The SMILES string of the molecule is COc1cc(O)cc(-c2cnn(C)c2N)c1OC. The predicted molar refractivity (Wildman–Crippen MR) is 67.8 cm³/mol. The van der Waals surface area contributed by atoms with Crippen LogP contribution in [0.2, 0.25) is 0 Å². The molecule has 6 nitrogen and oxygen atoms in total. The summed E-state index contributed by atoms with van der Waals surface area (Å²) in [6.45, 7) is 0. The molecule has 0 fully saturated rings. The van der Waals surface area contributed by atoms with Gasteiger partial charge in [0.05, 0.1) is 20.4 Å². The monoisotopic (exact) mass is 249 g/mol. The third-order valence-electron chi connectivity index (χ3n) is 2.74. The van der Waals surface area contributed by atoms with E-state index in [1.54, 1.807) is 24.0 Å². The summed E-state index contributed by atoms with van der Waals surface area (Å²) in [7, 11) is 4.78. The van der Waals surface area contributed by atoms with Gasteiger partial charge in [-0.05, 0) is 6.07 Å². The molecule has 0 saturated heterocycles. The summed E-state index contributed by atoms with van der Waals surface area (Å²) in [5.41, 5.74) is 7.24. The molecule has 0 unspecified atom stereocenters. The standard InChI is InChI=1S/C12H15N3O3/c1-15-12(13)9(6-14-15)8-4-7(16)5-10(17-2)11(8)18-3/h4-6,16H,13H2,1-3H3. The molecule has 2 rings (SSSR count). The lowest BCUT2D eigenvalue weighted by atomic mass is 10.1. The lowest BCUT2D eigenvalue weighted by Gasteiger charge is -2.13. The van der Waals surface area contributed by atoms with Gasteiger partial charge in [-0.3, -0.25) is 4.68 Å². The molecule has 1 heterocycles. The van der Waals surface area contributed by atoms with E-state index in [1.807, 2.05) is 0 Å². The highest BCUT2D eigenvalue weighted by atomic mass is 16.5. The minimum atomic E-state index is 0.0749. The Morgan fingerprint density at radius 1 is 1.22 bits per heavy atom. The van der Waals surface area contributed by atoms with Crippen molar-refractivity contribution in [2.45, 2.75) is 0 Å². The molecule has 1 aromatic heterocycles. The summed E-state index contributed by atoms with van der Waals surface area (Å²) in [5.74, 6) is 1.51. The summed E-state index contributed by atoms with van der Waals surface area (Å²) >= 11 is 0. The van der Waals surface area contributed by atoms with Crippen LogP contribution < -0.4 is 15.2 Å². The number of rotatable bonds is 3. The van der Waals surface area contributed by atoms with Gasteiger partial charge in [0, 0.05) is 24.2 Å². The molecule has 0 atom stereocenters. The molecule has 0 spiro atoms. The van der Waals surface area contributed by atoms with E-state index in [2.05, 4.69) is 5.10 Å². The summed E-state index contributed by atoms with van der Waals surface area (Å²) < 4.78 is 12.0. The number of phenols is 1. The summed E-state index contributed by atoms with van der Waals surface area (Å²) in [6.07, 6.45) is 1.62. The zero-order valence-corrected chi connectivity index (χ0v) is 10.5. The molecule has 0 bridgehead atoms. The minimum absolute atomic E-state index is 0.0749. The Morgan fingerprint density at radius 2 is 1.94 bits per heavy atom. The van der Waals surface area contributed by atoms with Gasteiger partial charge < -0.3 is 20.3 Å². The van der Waals surface area contributed by atoms with Crippen LogP contribution in [0.15, 0.2) is 18.3 Å². The minimum Gasteiger partial charge on any atom is -0.508 e. The molecular formula is C12H15N3O3. The van der Waals surface area contributed by atoms with Gasteiger partial charge in [-0.25, -0.2) is 0 Å². The number of aromatic hydroxyl groups is 1. The molecule has 18 heavy (non-hydrogen) atoms. The summed E-state index contributed by atoms with van der Waals surface area (Å²) in [5, 5.41) is 13.8. The van der Waals surface area contributed by atoms with Crippen molar-refractivity contribution in [2.75, 3.05) is 20.0 Å². The average Bonchev–Trinajstić information content (AvgIpc) is 2.69. The lowest BCUT2D eigenvalue weighted by Crippen LogP contribution is -1.99. The molecule has 2 aromatic rings. The lowest BCUT2D eigenvalue weighted by molar-refractivity contribution is 0.352. The molecule has 0 radical (unpaired) electrons. The Kier molecular flexibility index (Phi) is 3.01. The fourth-order valence-corrected chi connectivity index (χ4v) is 1.80. The number of hydrogen-bond donors (Lipinski definition) is 2. The first-order valence-electron chi connectivity index (χ1n) is 5.31. The van der Waals surface area contributed by atoms with Crippen molar-refractivity contribution in [3.8, 4) is 28.4 Å². The topological polar surface area (TPSA) is 82.5 Å². The molecule has 0 saturated carbocycles. The molecule has 3 N–H and O–H groups in total. The van der Waals surface area contributed by atoms with E-state index in [0.717, 1.165) is 0 Å². The number of nitrogens with two attached hydrogens (primary N) is 1. The van der Waals surface area contributed by atoms with E-state index in [1.165, 1.54) is 20.3 Å². The molecular weight excluding hydrogens is 234 g/mol. The van der Waals surface area contributed by atoms with Crippen LogP contribution in [-0.2, 0) is 7.05 Å². The Labute approximate surface area is 105 Å². The second-order valence-electron chi connectivity index (χ2n) is 3.80. The maximum atomic E-state index is 9.70. The van der Waals surface area contributed by atoms with Crippen LogP contribution in [0, 0.1) is 0 Å². The van der Waals surface area contributed by atoms with Crippen LogP contribution in [0.25, 0.3) is 11.1 Å². The second kappa shape index (κ2) is 4.48. The number of nitrogens with zero attached hydrogens (tertiary/aromatic N) is 2. The van der Waals surface area contributed by atoms with E-state index < -0.39 is 0 Å². The van der Waals surface area contributed by atoms with E-state index in [4.69, 9.17) is 15.2 Å². The fraction of sp³-hybridized carbons (Fsp3) is 0.250. The average molecular weight is 249 g/mol. The van der Waals surface area contributed by atoms with Crippen LogP contribution in [0.1, 0.15) is 0 Å². The third kappa shape index (κ3) is 1.81. The third-order valence-corrected chi connectivity index (χ3v) is 2.74. The van der Waals surface area contributed by atoms with Crippen molar-refractivity contribution >= 4 is 5.82 Å². The molecule has 96 valence electrons. The Hall–Kier alpha value is -2.37. The van der Waals surface area contributed by atoms with Crippen molar-refractivity contribution in [3.63, 3.8) is 0 Å². The van der Waals surface area contributed by atoms with Gasteiger partial charge in [0.15, 0.2) is 11.5 Å². The van der Waals surface area contributed by atoms with Crippen LogP contribution >= 0.6 is 0 Å². The summed E-state index contributed by atoms with van der Waals surface area (Å²) in [6, 6.07) is 3.05. The second-order valence-corrected chi connectivity index (χ2v) is 3.80. The van der Waals surface area contributed by atoms with Gasteiger partial charge >= 0.3 is 0 Å². The van der Waals surface area contributed by atoms with Crippen molar-refractivity contribution in [2.24, 2.45) is 7.05 Å². The number of ether oxygens (including phenoxy) is 2. The quantitative estimate of drug-likeness (QED) is 0.859. The molecule has 0 amide bonds. The van der Waals surface area contributed by atoms with Crippen molar-refractivity contribution in [1.29, 1.82) is 0 Å². The Bertz CT molecular complexity index is 578. The van der Waals surface area contributed by atoms with E-state index in [0.29, 0.717) is 28.4 Å². The molecule has 0 aliphatic carbocycles. The first-order valence-corrected chi connectivity index (χ1v) is 5.31. The van der Waals surface area contributed by atoms with Gasteiger partial charge in [0.2, 0.25) is 0 Å². The summed E-state index contributed by atoms with van der Waals surface area (Å²) in [4.78, 5) is 0. The number of methoxy groups -OCH3 is 2. The highest BCUT2D eigenvalue weighted by Gasteiger charge is 2.17. The number of benzene rings is 1. The molecule has 0 aliphatic rings. The highest BCUT2D eigenvalue weighted by molar-refractivity contribution is 5.81. The zero-order valence-electron chi connectivity index (χ0n) is 10.5. The zero-order chi connectivity index (χ0) is 13.3. The van der Waals surface area contributed by atoms with Crippen LogP contribution in [-0.4, -0.2) is 29.1 Å². The van der Waals surface area contributed by atoms with Crippen LogP contribution in [0.4, 0.5) is 5.82 Å². The number of aryl methyl sites for hydroxylation is 1. The van der Waals surface area contributed by atoms with Gasteiger partial charge in [0.25, 0.3) is 0 Å². The van der Waals surface area contributed by atoms with Gasteiger partial charge in [-0.1, -0.05) is 0 Å². The maximum Gasteiger partial charge on any atom is 0.168 e. The van der Waals surface area contributed by atoms with Crippen LogP contribution in [0.5, 0.6) is 17.2 Å². The smallest absolute Gasteiger partial charge is 0.168 e. The maximum absolute atomic E-state index is 9.70. The van der Waals surface area contributed by atoms with Crippen molar-refractivity contribution in [3.05, 3.63) is 18.3 Å². The number of anilines is 1. The molecule has 1 aromatic carbocycles. The van der Waals surface area contributed by atoms with Gasteiger partial charge in [0.1, 0.15) is 11.6 Å². The number of nitrogen functional groups attached to an aromatic ring is 1. The number of aromatic nitrogens is 2. The first-order chi connectivity index (χ1) is 8.58. The Balaban J connectivity index is 2.70. The van der Waals surface area contributed by atoms with E-state index >= 15 is 0 Å². The largest absolute Gasteiger partial charge is 0.508 e. The fourth-order valence-electron chi connectivity index (χ4n) is 1.80. The normalized spacial score (nSPS) is 10.4. The van der Waals surface area contributed by atoms with Crippen molar-refractivity contribution in [1.82, 2.24) is 9.78 Å². The molecule has 0 aliphatic heterocycles. The Morgan fingerprint density at radius 3 is 2.44 bits per heavy atom. The van der Waals surface area contributed by atoms with Gasteiger partial charge in [-0.2, -0.15) is 5.10 Å². The van der Waals surface area contributed by atoms with E-state index in [-0.39, 0.29) is 5.75 Å². The first kappa shape index (κ1) is 12.1.